The molecule has 7 nitrogen and oxygen atoms in total. The van der Waals surface area contributed by atoms with E-state index in [0.29, 0.717) is 30.2 Å². The molecule has 0 atom stereocenters. The number of amides is 2. The summed E-state index contributed by atoms with van der Waals surface area (Å²) >= 11 is 0. The fourth-order valence-corrected chi connectivity index (χ4v) is 3.63. The maximum absolute atomic E-state index is 14.0. The zero-order chi connectivity index (χ0) is 20.1. The lowest BCUT2D eigenvalue weighted by Gasteiger charge is -2.33. The standard InChI is InChI=1S/C20H23FN4O3/c1-20(2,3)28-18(26)17-16-11-24(19(27)23-8-4-5-9-23)15-10-13(21)6-7-14(15)25(16)12-22-17/h6-7,10,12H,4-5,8-9,11H2,1-3H3. The Labute approximate surface area is 162 Å². The van der Waals surface area contributed by atoms with Gasteiger partial charge in [0.2, 0.25) is 0 Å². The number of esters is 1. The number of likely N-dealkylation sites (tertiary alicyclic amines) is 1. The number of ether oxygens (including phenoxy) is 1. The number of imidazole rings is 1. The van der Waals surface area contributed by atoms with Gasteiger partial charge in [0.1, 0.15) is 17.7 Å². The third-order valence-electron chi connectivity index (χ3n) is 4.86. The summed E-state index contributed by atoms with van der Waals surface area (Å²) in [5.74, 6) is -0.964. The molecule has 0 aliphatic carbocycles. The van der Waals surface area contributed by atoms with Crippen LogP contribution in [0, 0.1) is 5.82 Å². The Morgan fingerprint density at radius 2 is 1.86 bits per heavy atom. The van der Waals surface area contributed by atoms with Gasteiger partial charge in [-0.15, -0.1) is 0 Å². The van der Waals surface area contributed by atoms with E-state index in [2.05, 4.69) is 4.98 Å². The van der Waals surface area contributed by atoms with Gasteiger partial charge in [-0.2, -0.15) is 0 Å². The van der Waals surface area contributed by atoms with Crippen molar-refractivity contribution in [2.24, 2.45) is 0 Å². The van der Waals surface area contributed by atoms with E-state index in [1.807, 2.05) is 0 Å². The fourth-order valence-electron chi connectivity index (χ4n) is 3.63. The predicted octanol–water partition coefficient (Wildman–Crippen LogP) is 3.50. The highest BCUT2D eigenvalue weighted by Gasteiger charge is 2.35. The predicted molar refractivity (Wildman–Crippen MR) is 101 cm³/mol. The molecule has 148 valence electrons. The van der Waals surface area contributed by atoms with E-state index in [-0.39, 0.29) is 18.3 Å². The molecule has 8 heteroatoms. The van der Waals surface area contributed by atoms with Crippen molar-refractivity contribution in [3.05, 3.63) is 41.7 Å². The Bertz CT molecular complexity index is 941. The summed E-state index contributed by atoms with van der Waals surface area (Å²) in [4.78, 5) is 33.2. The van der Waals surface area contributed by atoms with Gasteiger partial charge in [0, 0.05) is 13.1 Å². The van der Waals surface area contributed by atoms with Gasteiger partial charge >= 0.3 is 12.0 Å². The van der Waals surface area contributed by atoms with Crippen LogP contribution < -0.4 is 4.90 Å². The Hall–Kier alpha value is -2.90. The molecule has 4 rings (SSSR count). The van der Waals surface area contributed by atoms with Crippen LogP contribution in [0.2, 0.25) is 0 Å². The van der Waals surface area contributed by atoms with Crippen LogP contribution >= 0.6 is 0 Å². The molecule has 2 aliphatic rings. The number of carbonyl (C=O) groups excluding carboxylic acids is 2. The summed E-state index contributed by atoms with van der Waals surface area (Å²) in [5.41, 5.74) is 1.15. The first kappa shape index (κ1) is 18.5. The van der Waals surface area contributed by atoms with E-state index in [9.17, 15) is 14.0 Å². The van der Waals surface area contributed by atoms with Crippen LogP contribution in [0.25, 0.3) is 5.69 Å². The van der Waals surface area contributed by atoms with Crippen LogP contribution in [0.5, 0.6) is 0 Å². The van der Waals surface area contributed by atoms with Crippen LogP contribution in [-0.2, 0) is 11.3 Å². The number of urea groups is 1. The summed E-state index contributed by atoms with van der Waals surface area (Å²) < 4.78 is 21.1. The van der Waals surface area contributed by atoms with E-state index in [0.717, 1.165) is 12.8 Å². The molecule has 2 amide bonds. The zero-order valence-electron chi connectivity index (χ0n) is 16.2. The number of aromatic nitrogens is 2. The minimum absolute atomic E-state index is 0.125. The van der Waals surface area contributed by atoms with E-state index < -0.39 is 17.4 Å². The quantitative estimate of drug-likeness (QED) is 0.704. The van der Waals surface area contributed by atoms with E-state index >= 15 is 0 Å². The van der Waals surface area contributed by atoms with Crippen molar-refractivity contribution in [1.82, 2.24) is 14.5 Å². The zero-order valence-corrected chi connectivity index (χ0v) is 16.2. The molecule has 0 radical (unpaired) electrons. The van der Waals surface area contributed by atoms with Crippen molar-refractivity contribution in [3.8, 4) is 5.69 Å². The first-order valence-electron chi connectivity index (χ1n) is 9.40. The Balaban J connectivity index is 1.77. The average molecular weight is 386 g/mol. The number of halogens is 1. The Kier molecular flexibility index (Phi) is 4.36. The number of nitrogens with zero attached hydrogens (tertiary/aromatic N) is 4. The van der Waals surface area contributed by atoms with E-state index in [1.54, 1.807) is 36.3 Å². The van der Waals surface area contributed by atoms with Gasteiger partial charge in [0.05, 0.1) is 23.6 Å². The molecule has 0 saturated carbocycles. The SMILES string of the molecule is CC(C)(C)OC(=O)c1ncn2c1CN(C(=O)N1CCCC1)c1cc(F)ccc1-2. The second-order valence-corrected chi connectivity index (χ2v) is 8.11. The van der Waals surface area contributed by atoms with E-state index in [4.69, 9.17) is 4.74 Å². The second kappa shape index (κ2) is 6.61. The molecule has 1 saturated heterocycles. The Morgan fingerprint density at radius 1 is 1.14 bits per heavy atom. The molecule has 28 heavy (non-hydrogen) atoms. The molecular weight excluding hydrogens is 363 g/mol. The van der Waals surface area contributed by atoms with Crippen molar-refractivity contribution >= 4 is 17.7 Å². The normalized spacial score (nSPS) is 16.0. The maximum atomic E-state index is 14.0. The van der Waals surface area contributed by atoms with Gasteiger partial charge in [0.25, 0.3) is 0 Å². The molecule has 0 bridgehead atoms. The number of benzene rings is 1. The Morgan fingerprint density at radius 3 is 2.54 bits per heavy atom. The highest BCUT2D eigenvalue weighted by molar-refractivity contribution is 5.96. The van der Waals surface area contributed by atoms with E-state index in [1.165, 1.54) is 23.4 Å². The number of rotatable bonds is 1. The minimum Gasteiger partial charge on any atom is -0.455 e. The molecule has 0 spiro atoms. The lowest BCUT2D eigenvalue weighted by atomic mass is 10.1. The van der Waals surface area contributed by atoms with Crippen LogP contribution in [0.3, 0.4) is 0 Å². The summed E-state index contributed by atoms with van der Waals surface area (Å²) in [5, 5.41) is 0. The summed E-state index contributed by atoms with van der Waals surface area (Å²) in [6.07, 6.45) is 3.43. The lowest BCUT2D eigenvalue weighted by molar-refractivity contribution is 0.00619. The van der Waals surface area contributed by atoms with Crippen LogP contribution in [0.1, 0.15) is 49.8 Å². The smallest absolute Gasteiger partial charge is 0.359 e. The first-order chi connectivity index (χ1) is 13.2. The maximum Gasteiger partial charge on any atom is 0.359 e. The van der Waals surface area contributed by atoms with Gasteiger partial charge in [-0.1, -0.05) is 0 Å². The number of carbonyl (C=O) groups is 2. The molecule has 2 aliphatic heterocycles. The van der Waals surface area contributed by atoms with Crippen LogP contribution in [0.4, 0.5) is 14.9 Å². The highest BCUT2D eigenvalue weighted by Crippen LogP contribution is 2.35. The molecule has 0 unspecified atom stereocenters. The van der Waals surface area contributed by atoms with Gasteiger partial charge in [0.15, 0.2) is 5.69 Å². The molecule has 1 aromatic heterocycles. The number of hydrogen-bond donors (Lipinski definition) is 0. The molecule has 1 fully saturated rings. The second-order valence-electron chi connectivity index (χ2n) is 8.11. The number of anilines is 1. The lowest BCUT2D eigenvalue weighted by Crippen LogP contribution is -2.44. The summed E-state index contributed by atoms with van der Waals surface area (Å²) in [7, 11) is 0. The largest absolute Gasteiger partial charge is 0.455 e. The molecule has 3 heterocycles. The summed E-state index contributed by atoms with van der Waals surface area (Å²) in [6, 6.07) is 4.09. The van der Waals surface area contributed by atoms with Crippen molar-refractivity contribution < 1.29 is 18.7 Å². The third kappa shape index (κ3) is 3.23. The summed E-state index contributed by atoms with van der Waals surface area (Å²) in [6.45, 7) is 6.84. The monoisotopic (exact) mass is 386 g/mol. The van der Waals surface area contributed by atoms with Crippen molar-refractivity contribution in [2.45, 2.75) is 45.8 Å². The molecule has 2 aromatic rings. The fraction of sp³-hybridized carbons (Fsp3) is 0.450. The minimum atomic E-state index is -0.658. The first-order valence-corrected chi connectivity index (χ1v) is 9.40. The average Bonchev–Trinajstić information content (AvgIpc) is 3.28. The number of fused-ring (bicyclic) bond motifs is 3. The third-order valence-corrected chi connectivity index (χ3v) is 4.86. The van der Waals surface area contributed by atoms with Crippen molar-refractivity contribution in [2.75, 3.05) is 18.0 Å². The van der Waals surface area contributed by atoms with Crippen molar-refractivity contribution in [1.29, 1.82) is 0 Å². The molecule has 1 aromatic carbocycles. The van der Waals surface area contributed by atoms with Gasteiger partial charge < -0.3 is 9.64 Å². The number of hydrogen-bond acceptors (Lipinski definition) is 4. The topological polar surface area (TPSA) is 67.7 Å². The van der Waals surface area contributed by atoms with Crippen LogP contribution in [0.15, 0.2) is 24.5 Å². The molecular formula is C20H23FN4O3. The van der Waals surface area contributed by atoms with Crippen molar-refractivity contribution in [3.63, 3.8) is 0 Å². The van der Waals surface area contributed by atoms with Crippen LogP contribution in [-0.4, -0.2) is 45.1 Å². The highest BCUT2D eigenvalue weighted by atomic mass is 19.1. The molecule has 0 N–H and O–H groups in total. The van der Waals surface area contributed by atoms with Gasteiger partial charge in [-0.3, -0.25) is 9.47 Å². The van der Waals surface area contributed by atoms with Gasteiger partial charge in [-0.25, -0.2) is 19.0 Å². The van der Waals surface area contributed by atoms with Gasteiger partial charge in [-0.05, 0) is 51.8 Å².